The maximum absolute atomic E-state index is 12.5. The Hall–Kier alpha value is -3.59. The van der Waals surface area contributed by atoms with Gasteiger partial charge in [0.2, 0.25) is 5.91 Å². The third-order valence-corrected chi connectivity index (χ3v) is 4.38. The topological polar surface area (TPSA) is 116 Å². The molecule has 2 aromatic heterocycles. The zero-order valence-electron chi connectivity index (χ0n) is 16.5. The highest BCUT2D eigenvalue weighted by Crippen LogP contribution is 2.26. The number of nitrogens with one attached hydrogen (secondary N) is 1. The molecule has 1 amide bonds. The number of amides is 1. The molecule has 30 heavy (non-hydrogen) atoms. The minimum Gasteiger partial charge on any atom is -0.307 e. The first-order valence-corrected chi connectivity index (χ1v) is 9.34. The van der Waals surface area contributed by atoms with Crippen molar-refractivity contribution in [2.45, 2.75) is 26.2 Å². The molecule has 0 spiro atoms. The van der Waals surface area contributed by atoms with Crippen molar-refractivity contribution in [2.75, 3.05) is 5.32 Å². The highest BCUT2D eigenvalue weighted by Gasteiger charge is 2.22. The summed E-state index contributed by atoms with van der Waals surface area (Å²) in [5.74, 6) is 0.286. The molecule has 1 aromatic carbocycles. The number of aromatic nitrogens is 4. The van der Waals surface area contributed by atoms with Gasteiger partial charge < -0.3 is 5.32 Å². The van der Waals surface area contributed by atoms with E-state index in [1.54, 1.807) is 30.6 Å². The first-order chi connectivity index (χ1) is 14.1. The summed E-state index contributed by atoms with van der Waals surface area (Å²) in [6, 6.07) is 7.73. The van der Waals surface area contributed by atoms with Gasteiger partial charge in [0.05, 0.1) is 10.6 Å². The Labute approximate surface area is 177 Å². The second kappa shape index (κ2) is 8.42. The largest absolute Gasteiger partial charge is 0.307 e. The molecule has 0 saturated heterocycles. The van der Waals surface area contributed by atoms with E-state index in [1.807, 2.05) is 20.8 Å². The molecule has 0 aliphatic carbocycles. The summed E-state index contributed by atoms with van der Waals surface area (Å²) in [5.41, 5.74) is 0.741. The predicted octanol–water partition coefficient (Wildman–Crippen LogP) is 4.17. The average Bonchev–Trinajstić information content (AvgIpc) is 3.12. The Bertz CT molecular complexity index is 1120. The normalized spacial score (nSPS) is 11.6. The van der Waals surface area contributed by atoms with Crippen LogP contribution in [0.25, 0.3) is 12.0 Å². The van der Waals surface area contributed by atoms with Gasteiger partial charge in [0.1, 0.15) is 10.8 Å². The SMILES string of the molecule is CC(C)(C)c1cc(NC(=O)/C=C/c2ccc(Cl)c([N+](=O)[O-])c2)n(-c2ncccn2)n1. The van der Waals surface area contributed by atoms with E-state index in [-0.39, 0.29) is 16.1 Å². The number of hydrogen-bond acceptors (Lipinski definition) is 6. The average molecular weight is 427 g/mol. The highest BCUT2D eigenvalue weighted by atomic mass is 35.5. The van der Waals surface area contributed by atoms with Gasteiger partial charge in [0.15, 0.2) is 0 Å². The molecule has 1 N–H and O–H groups in total. The molecule has 154 valence electrons. The fraction of sp³-hybridized carbons (Fsp3) is 0.200. The van der Waals surface area contributed by atoms with E-state index in [1.165, 1.54) is 29.0 Å². The van der Waals surface area contributed by atoms with Gasteiger partial charge in [-0.05, 0) is 23.8 Å². The van der Waals surface area contributed by atoms with Gasteiger partial charge in [-0.15, -0.1) is 0 Å². The van der Waals surface area contributed by atoms with Crippen LogP contribution in [0.3, 0.4) is 0 Å². The highest BCUT2D eigenvalue weighted by molar-refractivity contribution is 6.32. The van der Waals surface area contributed by atoms with Crippen molar-refractivity contribution in [1.82, 2.24) is 19.7 Å². The summed E-state index contributed by atoms with van der Waals surface area (Å²) in [5, 5.41) is 18.3. The van der Waals surface area contributed by atoms with Crippen LogP contribution in [-0.4, -0.2) is 30.6 Å². The Morgan fingerprint density at radius 2 is 1.93 bits per heavy atom. The molecule has 9 nitrogen and oxygen atoms in total. The number of rotatable bonds is 5. The number of nitro benzene ring substituents is 1. The lowest BCUT2D eigenvalue weighted by molar-refractivity contribution is -0.384. The molecule has 2 heterocycles. The summed E-state index contributed by atoms with van der Waals surface area (Å²) in [6.45, 7) is 6.01. The van der Waals surface area contributed by atoms with E-state index in [0.717, 1.165) is 5.69 Å². The lowest BCUT2D eigenvalue weighted by atomic mass is 9.92. The summed E-state index contributed by atoms with van der Waals surface area (Å²) < 4.78 is 1.46. The molecule has 0 unspecified atom stereocenters. The van der Waals surface area contributed by atoms with Crippen molar-refractivity contribution in [3.05, 3.63) is 75.2 Å². The van der Waals surface area contributed by atoms with Crippen LogP contribution in [0, 0.1) is 10.1 Å². The number of anilines is 1. The molecule has 0 bridgehead atoms. The van der Waals surface area contributed by atoms with E-state index in [9.17, 15) is 14.9 Å². The van der Waals surface area contributed by atoms with E-state index in [0.29, 0.717) is 17.3 Å². The van der Waals surface area contributed by atoms with Crippen LogP contribution in [0.1, 0.15) is 32.0 Å². The van der Waals surface area contributed by atoms with Gasteiger partial charge in [-0.25, -0.2) is 9.97 Å². The summed E-state index contributed by atoms with van der Waals surface area (Å²) in [7, 11) is 0. The first-order valence-electron chi connectivity index (χ1n) is 8.96. The van der Waals surface area contributed by atoms with E-state index in [4.69, 9.17) is 11.6 Å². The summed E-state index contributed by atoms with van der Waals surface area (Å²) in [6.07, 6.45) is 5.90. The third-order valence-electron chi connectivity index (χ3n) is 4.06. The minimum atomic E-state index is -0.577. The standard InChI is InChI=1S/C20H19ClN6O3/c1-20(2,3)16-12-17(26(25-16)19-22-9-4-10-23-19)24-18(28)8-6-13-5-7-14(21)15(11-13)27(29)30/h4-12H,1-3H3,(H,24,28)/b8-6+. The molecule has 10 heteroatoms. The van der Waals surface area contributed by atoms with Crippen LogP contribution in [0.4, 0.5) is 11.5 Å². The minimum absolute atomic E-state index is 0.0306. The van der Waals surface area contributed by atoms with Crippen molar-refractivity contribution in [1.29, 1.82) is 0 Å². The van der Waals surface area contributed by atoms with E-state index >= 15 is 0 Å². The van der Waals surface area contributed by atoms with Crippen LogP contribution in [0.5, 0.6) is 0 Å². The fourth-order valence-corrected chi connectivity index (χ4v) is 2.69. The lowest BCUT2D eigenvalue weighted by Gasteiger charge is -2.13. The number of carbonyl (C=O) groups is 1. The van der Waals surface area contributed by atoms with Crippen molar-refractivity contribution in [3.8, 4) is 5.95 Å². The molecule has 3 aromatic rings. The van der Waals surface area contributed by atoms with Crippen molar-refractivity contribution in [3.63, 3.8) is 0 Å². The van der Waals surface area contributed by atoms with Crippen molar-refractivity contribution >= 4 is 35.1 Å². The van der Waals surface area contributed by atoms with Gasteiger partial charge in [-0.3, -0.25) is 14.9 Å². The zero-order valence-corrected chi connectivity index (χ0v) is 17.3. The Kier molecular flexibility index (Phi) is 5.93. The summed E-state index contributed by atoms with van der Waals surface area (Å²) in [4.78, 5) is 31.3. The molecule has 0 radical (unpaired) electrons. The summed E-state index contributed by atoms with van der Waals surface area (Å²) >= 11 is 5.81. The number of halogens is 1. The number of hydrogen-bond donors (Lipinski definition) is 1. The van der Waals surface area contributed by atoms with Crippen LogP contribution in [-0.2, 0) is 10.2 Å². The second-order valence-electron chi connectivity index (χ2n) is 7.42. The monoisotopic (exact) mass is 426 g/mol. The molecule has 0 fully saturated rings. The zero-order chi connectivity index (χ0) is 21.9. The quantitative estimate of drug-likeness (QED) is 0.371. The Morgan fingerprint density at radius 3 is 2.57 bits per heavy atom. The van der Waals surface area contributed by atoms with Crippen LogP contribution in [0.2, 0.25) is 5.02 Å². The molecular formula is C20H19ClN6O3. The Balaban J connectivity index is 1.86. The number of benzene rings is 1. The first kappa shape index (κ1) is 21.1. The molecule has 0 atom stereocenters. The van der Waals surface area contributed by atoms with Crippen LogP contribution < -0.4 is 5.32 Å². The maximum atomic E-state index is 12.5. The maximum Gasteiger partial charge on any atom is 0.288 e. The third kappa shape index (κ3) is 4.87. The van der Waals surface area contributed by atoms with Gasteiger partial charge in [-0.2, -0.15) is 9.78 Å². The number of carbonyl (C=O) groups excluding carboxylic acids is 1. The predicted molar refractivity (Wildman–Crippen MR) is 114 cm³/mol. The molecule has 0 aliphatic heterocycles. The smallest absolute Gasteiger partial charge is 0.288 e. The van der Waals surface area contributed by atoms with Crippen LogP contribution >= 0.6 is 11.6 Å². The number of nitro groups is 1. The fourth-order valence-electron chi connectivity index (χ4n) is 2.50. The van der Waals surface area contributed by atoms with E-state index < -0.39 is 10.8 Å². The van der Waals surface area contributed by atoms with Crippen molar-refractivity contribution in [2.24, 2.45) is 0 Å². The molecular weight excluding hydrogens is 408 g/mol. The second-order valence-corrected chi connectivity index (χ2v) is 7.82. The molecule has 0 saturated carbocycles. The van der Waals surface area contributed by atoms with E-state index in [2.05, 4.69) is 20.4 Å². The molecule has 0 aliphatic rings. The van der Waals surface area contributed by atoms with Gasteiger partial charge in [0, 0.05) is 36.0 Å². The Morgan fingerprint density at radius 1 is 1.23 bits per heavy atom. The lowest BCUT2D eigenvalue weighted by Crippen LogP contribution is -2.14. The van der Waals surface area contributed by atoms with Crippen LogP contribution in [0.15, 0.2) is 48.8 Å². The van der Waals surface area contributed by atoms with Gasteiger partial charge >= 0.3 is 0 Å². The van der Waals surface area contributed by atoms with Gasteiger partial charge in [-0.1, -0.05) is 38.4 Å². The van der Waals surface area contributed by atoms with Crippen molar-refractivity contribution < 1.29 is 9.72 Å². The molecule has 3 rings (SSSR count). The van der Waals surface area contributed by atoms with Gasteiger partial charge in [0.25, 0.3) is 11.6 Å². The number of nitrogens with zero attached hydrogens (tertiary/aromatic N) is 5.